The molecular weight excluding hydrogens is 352 g/mol. The maximum absolute atomic E-state index is 6.60. The van der Waals surface area contributed by atoms with Crippen LogP contribution in [0.25, 0.3) is 0 Å². The van der Waals surface area contributed by atoms with E-state index in [4.69, 9.17) is 21.1 Å². The van der Waals surface area contributed by atoms with Crippen LogP contribution < -0.4 is 9.47 Å². The number of hydrogen-bond acceptors (Lipinski definition) is 2. The maximum atomic E-state index is 6.60. The average Bonchev–Trinajstić information content (AvgIpc) is 2.49. The highest BCUT2D eigenvalue weighted by Gasteiger charge is 2.14. The van der Waals surface area contributed by atoms with E-state index in [-0.39, 0.29) is 5.38 Å². The quantitative estimate of drug-likeness (QED) is 0.648. The zero-order chi connectivity index (χ0) is 15.4. The first-order valence-corrected chi connectivity index (χ1v) is 8.00. The second-order valence-corrected chi connectivity index (χ2v) is 6.01. The van der Waals surface area contributed by atoms with Gasteiger partial charge in [0.05, 0.1) is 23.6 Å². The first-order valence-electron chi connectivity index (χ1n) is 6.77. The van der Waals surface area contributed by atoms with Crippen LogP contribution in [0.1, 0.15) is 29.0 Å². The number of hydrogen-bond donors (Lipinski definition) is 0. The fraction of sp³-hybridized carbons (Fsp3) is 0.294. The molecule has 1 unspecified atom stereocenters. The van der Waals surface area contributed by atoms with E-state index in [9.17, 15) is 0 Å². The Labute approximate surface area is 139 Å². The molecule has 2 aromatic carbocycles. The highest BCUT2D eigenvalue weighted by molar-refractivity contribution is 9.10. The van der Waals surface area contributed by atoms with E-state index in [1.165, 1.54) is 0 Å². The third-order valence-corrected chi connectivity index (χ3v) is 4.40. The lowest BCUT2D eigenvalue weighted by Gasteiger charge is -2.15. The van der Waals surface area contributed by atoms with E-state index in [1.807, 2.05) is 50.2 Å². The largest absolute Gasteiger partial charge is 0.496 e. The number of alkyl halides is 1. The predicted octanol–water partition coefficient (Wildman–Crippen LogP) is 5.49. The molecule has 0 N–H and O–H groups in total. The summed E-state index contributed by atoms with van der Waals surface area (Å²) in [6.07, 6.45) is 0. The van der Waals surface area contributed by atoms with Gasteiger partial charge in [-0.25, -0.2) is 0 Å². The van der Waals surface area contributed by atoms with Crippen molar-refractivity contribution in [2.75, 3.05) is 13.7 Å². The molecule has 0 saturated heterocycles. The van der Waals surface area contributed by atoms with Gasteiger partial charge in [0.15, 0.2) is 0 Å². The van der Waals surface area contributed by atoms with Gasteiger partial charge in [0.1, 0.15) is 11.5 Å². The molecule has 0 amide bonds. The molecule has 21 heavy (non-hydrogen) atoms. The Morgan fingerprint density at radius 3 is 2.38 bits per heavy atom. The van der Waals surface area contributed by atoms with Crippen LogP contribution in [0.15, 0.2) is 40.9 Å². The Kier molecular flexibility index (Phi) is 5.54. The van der Waals surface area contributed by atoms with Crippen LogP contribution in [-0.2, 0) is 0 Å². The molecule has 0 aromatic heterocycles. The standard InChI is InChI=1S/C17H18BrClO2/c1-4-21-15-8-7-12(9-14(15)18)17(19)13-6-5-11(2)16(10-13)20-3/h5-10,17H,4H2,1-3H3. The molecule has 1 atom stereocenters. The van der Waals surface area contributed by atoms with Gasteiger partial charge in [0.25, 0.3) is 0 Å². The number of benzene rings is 2. The molecule has 2 rings (SSSR count). The summed E-state index contributed by atoms with van der Waals surface area (Å²) in [6.45, 7) is 4.61. The molecule has 0 aliphatic rings. The van der Waals surface area contributed by atoms with Gasteiger partial charge >= 0.3 is 0 Å². The molecule has 0 bridgehead atoms. The minimum absolute atomic E-state index is 0.230. The van der Waals surface area contributed by atoms with E-state index < -0.39 is 0 Å². The minimum Gasteiger partial charge on any atom is -0.496 e. The van der Waals surface area contributed by atoms with Gasteiger partial charge in [-0.3, -0.25) is 0 Å². The highest BCUT2D eigenvalue weighted by Crippen LogP contribution is 2.35. The Morgan fingerprint density at radius 2 is 1.76 bits per heavy atom. The van der Waals surface area contributed by atoms with Crippen molar-refractivity contribution in [3.63, 3.8) is 0 Å². The normalized spacial score (nSPS) is 12.0. The molecule has 0 saturated carbocycles. The summed E-state index contributed by atoms with van der Waals surface area (Å²) in [4.78, 5) is 0. The van der Waals surface area contributed by atoms with Crippen LogP contribution in [-0.4, -0.2) is 13.7 Å². The van der Waals surface area contributed by atoms with E-state index >= 15 is 0 Å². The van der Waals surface area contributed by atoms with Crippen LogP contribution in [0.5, 0.6) is 11.5 Å². The van der Waals surface area contributed by atoms with Crippen LogP contribution in [0.3, 0.4) is 0 Å². The third kappa shape index (κ3) is 3.72. The first kappa shape index (κ1) is 16.2. The molecule has 0 spiro atoms. The molecular formula is C17H18BrClO2. The smallest absolute Gasteiger partial charge is 0.133 e. The van der Waals surface area contributed by atoms with Gasteiger partial charge in [0, 0.05) is 0 Å². The maximum Gasteiger partial charge on any atom is 0.133 e. The minimum atomic E-state index is -0.230. The molecule has 112 valence electrons. The Bertz CT molecular complexity index is 628. The second kappa shape index (κ2) is 7.19. The predicted molar refractivity (Wildman–Crippen MR) is 90.7 cm³/mol. The SMILES string of the molecule is CCOc1ccc(C(Cl)c2ccc(C)c(OC)c2)cc1Br. The molecule has 0 fully saturated rings. The van der Waals surface area contributed by atoms with Crippen molar-refractivity contribution < 1.29 is 9.47 Å². The van der Waals surface area contributed by atoms with Gasteiger partial charge in [-0.2, -0.15) is 0 Å². The number of halogens is 2. The van der Waals surface area contributed by atoms with E-state index in [1.54, 1.807) is 7.11 Å². The summed E-state index contributed by atoms with van der Waals surface area (Å²) in [7, 11) is 1.67. The van der Waals surface area contributed by atoms with Crippen molar-refractivity contribution in [3.05, 3.63) is 57.6 Å². The lowest BCUT2D eigenvalue weighted by molar-refractivity contribution is 0.338. The molecule has 2 aromatic rings. The molecule has 0 heterocycles. The van der Waals surface area contributed by atoms with Gasteiger partial charge in [0.2, 0.25) is 0 Å². The zero-order valence-electron chi connectivity index (χ0n) is 12.3. The van der Waals surface area contributed by atoms with Gasteiger partial charge in [-0.15, -0.1) is 11.6 Å². The van der Waals surface area contributed by atoms with Crippen molar-refractivity contribution >= 4 is 27.5 Å². The van der Waals surface area contributed by atoms with Crippen LogP contribution >= 0.6 is 27.5 Å². The Hall–Kier alpha value is -1.19. The molecule has 0 aliphatic carbocycles. The highest BCUT2D eigenvalue weighted by atomic mass is 79.9. The van der Waals surface area contributed by atoms with Crippen molar-refractivity contribution in [1.82, 2.24) is 0 Å². The Morgan fingerprint density at radius 1 is 1.10 bits per heavy atom. The number of aryl methyl sites for hydroxylation is 1. The summed E-state index contributed by atoms with van der Waals surface area (Å²) in [6, 6.07) is 11.9. The van der Waals surface area contributed by atoms with Crippen LogP contribution in [0.4, 0.5) is 0 Å². The van der Waals surface area contributed by atoms with Gasteiger partial charge in [-0.1, -0.05) is 18.2 Å². The van der Waals surface area contributed by atoms with E-state index in [0.717, 1.165) is 32.7 Å². The average molecular weight is 370 g/mol. The first-order chi connectivity index (χ1) is 10.1. The lowest BCUT2D eigenvalue weighted by atomic mass is 10.0. The van der Waals surface area contributed by atoms with E-state index in [0.29, 0.717) is 6.61 Å². The molecule has 4 heteroatoms. The summed E-state index contributed by atoms with van der Waals surface area (Å²) >= 11 is 10.1. The molecule has 0 aliphatic heterocycles. The fourth-order valence-electron chi connectivity index (χ4n) is 2.13. The van der Waals surface area contributed by atoms with Gasteiger partial charge < -0.3 is 9.47 Å². The second-order valence-electron chi connectivity index (χ2n) is 4.71. The summed E-state index contributed by atoms with van der Waals surface area (Å²) < 4.78 is 11.8. The van der Waals surface area contributed by atoms with Gasteiger partial charge in [-0.05, 0) is 64.7 Å². The number of ether oxygens (including phenoxy) is 2. The summed E-state index contributed by atoms with van der Waals surface area (Å²) in [5, 5.41) is -0.230. The van der Waals surface area contributed by atoms with Crippen molar-refractivity contribution in [1.29, 1.82) is 0 Å². The van der Waals surface area contributed by atoms with Crippen molar-refractivity contribution in [2.24, 2.45) is 0 Å². The Balaban J connectivity index is 2.31. The lowest BCUT2D eigenvalue weighted by Crippen LogP contribution is -1.97. The summed E-state index contributed by atoms with van der Waals surface area (Å²) in [5.74, 6) is 1.68. The van der Waals surface area contributed by atoms with Crippen molar-refractivity contribution in [3.8, 4) is 11.5 Å². The topological polar surface area (TPSA) is 18.5 Å². The fourth-order valence-corrected chi connectivity index (χ4v) is 2.92. The zero-order valence-corrected chi connectivity index (χ0v) is 14.7. The summed E-state index contributed by atoms with van der Waals surface area (Å²) in [5.41, 5.74) is 3.12. The van der Waals surface area contributed by atoms with Crippen LogP contribution in [0.2, 0.25) is 0 Å². The van der Waals surface area contributed by atoms with Crippen LogP contribution in [0, 0.1) is 6.92 Å². The molecule has 0 radical (unpaired) electrons. The molecule has 2 nitrogen and oxygen atoms in total. The number of rotatable bonds is 5. The number of methoxy groups -OCH3 is 1. The van der Waals surface area contributed by atoms with E-state index in [2.05, 4.69) is 15.9 Å². The van der Waals surface area contributed by atoms with Crippen molar-refractivity contribution in [2.45, 2.75) is 19.2 Å². The monoisotopic (exact) mass is 368 g/mol. The third-order valence-electron chi connectivity index (χ3n) is 3.27.